The Morgan fingerprint density at radius 2 is 1.91 bits per heavy atom. The van der Waals surface area contributed by atoms with Crippen molar-refractivity contribution in [2.45, 2.75) is 0 Å². The maximum Gasteiger partial charge on any atom is 0.274 e. The van der Waals surface area contributed by atoms with Gasteiger partial charge < -0.3 is 10.3 Å². The molecule has 3 rings (SSSR count). The number of aromatic nitrogens is 2. The van der Waals surface area contributed by atoms with Gasteiger partial charge >= 0.3 is 0 Å². The number of benzene rings is 2. The van der Waals surface area contributed by atoms with Crippen molar-refractivity contribution in [3.63, 3.8) is 0 Å². The van der Waals surface area contributed by atoms with Gasteiger partial charge in [-0.2, -0.15) is 0 Å². The van der Waals surface area contributed by atoms with Crippen LogP contribution in [-0.4, -0.2) is 15.5 Å². The molecule has 1 heterocycles. The van der Waals surface area contributed by atoms with Crippen LogP contribution >= 0.6 is 12.2 Å². The van der Waals surface area contributed by atoms with E-state index in [9.17, 15) is 9.18 Å². The van der Waals surface area contributed by atoms with E-state index in [1.807, 2.05) is 30.3 Å². The molecule has 2 N–H and O–H groups in total. The number of para-hydroxylation sites is 1. The SMILES string of the molecule is O=C(Nc1cccc(F)c1)c1c[nH]c(=S)n1-c1ccccc1. The van der Waals surface area contributed by atoms with E-state index in [0.29, 0.717) is 16.2 Å². The van der Waals surface area contributed by atoms with Crippen LogP contribution in [0.25, 0.3) is 5.69 Å². The lowest BCUT2D eigenvalue weighted by molar-refractivity contribution is 0.102. The Hall–Kier alpha value is -2.73. The molecular formula is C16H12FN3OS. The molecule has 6 heteroatoms. The molecule has 1 aromatic heterocycles. The van der Waals surface area contributed by atoms with E-state index in [2.05, 4.69) is 10.3 Å². The Morgan fingerprint density at radius 3 is 2.64 bits per heavy atom. The minimum absolute atomic E-state index is 0.348. The quantitative estimate of drug-likeness (QED) is 0.720. The molecule has 0 fully saturated rings. The van der Waals surface area contributed by atoms with E-state index < -0.39 is 5.82 Å². The number of rotatable bonds is 3. The minimum Gasteiger partial charge on any atom is -0.336 e. The van der Waals surface area contributed by atoms with Gasteiger partial charge in [-0.3, -0.25) is 9.36 Å². The lowest BCUT2D eigenvalue weighted by atomic mass is 10.3. The second-order valence-corrected chi connectivity index (χ2v) is 5.00. The van der Waals surface area contributed by atoms with Crippen molar-refractivity contribution in [2.24, 2.45) is 0 Å². The monoisotopic (exact) mass is 313 g/mol. The van der Waals surface area contributed by atoms with E-state index in [1.54, 1.807) is 10.6 Å². The molecule has 22 heavy (non-hydrogen) atoms. The number of hydrogen-bond acceptors (Lipinski definition) is 2. The van der Waals surface area contributed by atoms with Crippen LogP contribution in [0.4, 0.5) is 10.1 Å². The first-order chi connectivity index (χ1) is 10.6. The largest absolute Gasteiger partial charge is 0.336 e. The Kier molecular flexibility index (Phi) is 3.84. The number of carbonyl (C=O) groups is 1. The molecule has 0 saturated carbocycles. The van der Waals surface area contributed by atoms with Gasteiger partial charge in [0.05, 0.1) is 0 Å². The third-order valence-electron chi connectivity index (χ3n) is 3.11. The first kappa shape index (κ1) is 14.2. The first-order valence-electron chi connectivity index (χ1n) is 6.58. The Morgan fingerprint density at radius 1 is 1.14 bits per heavy atom. The average Bonchev–Trinajstić information content (AvgIpc) is 2.90. The molecule has 2 aromatic carbocycles. The highest BCUT2D eigenvalue weighted by atomic mass is 32.1. The lowest BCUT2D eigenvalue weighted by Crippen LogP contribution is -2.16. The summed E-state index contributed by atoms with van der Waals surface area (Å²) in [5, 5.41) is 2.66. The second-order valence-electron chi connectivity index (χ2n) is 4.61. The van der Waals surface area contributed by atoms with E-state index in [1.165, 1.54) is 24.4 Å². The van der Waals surface area contributed by atoms with Crippen molar-refractivity contribution in [3.8, 4) is 5.69 Å². The Bertz CT molecular complexity index is 870. The van der Waals surface area contributed by atoms with Crippen molar-refractivity contribution in [1.29, 1.82) is 0 Å². The summed E-state index contributed by atoms with van der Waals surface area (Å²) in [5.41, 5.74) is 1.51. The summed E-state index contributed by atoms with van der Waals surface area (Å²) in [6, 6.07) is 15.0. The van der Waals surface area contributed by atoms with Gasteiger partial charge in [-0.15, -0.1) is 0 Å². The van der Waals surface area contributed by atoms with Crippen LogP contribution in [-0.2, 0) is 0 Å². The fourth-order valence-corrected chi connectivity index (χ4v) is 2.39. The third-order valence-corrected chi connectivity index (χ3v) is 3.41. The molecule has 3 aromatic rings. The maximum atomic E-state index is 13.2. The molecule has 0 unspecified atom stereocenters. The van der Waals surface area contributed by atoms with E-state index >= 15 is 0 Å². The Labute approximate surface area is 131 Å². The molecule has 0 aliphatic carbocycles. The van der Waals surface area contributed by atoms with Gasteiger partial charge in [0.2, 0.25) is 0 Å². The zero-order valence-corrected chi connectivity index (χ0v) is 12.2. The number of aromatic amines is 1. The normalized spacial score (nSPS) is 10.4. The number of hydrogen-bond donors (Lipinski definition) is 2. The predicted octanol–water partition coefficient (Wildman–Crippen LogP) is 3.93. The molecule has 0 spiro atoms. The molecule has 0 aliphatic rings. The summed E-state index contributed by atoms with van der Waals surface area (Å²) < 4.78 is 15.2. The lowest BCUT2D eigenvalue weighted by Gasteiger charge is -2.09. The van der Waals surface area contributed by atoms with Crippen LogP contribution in [0.2, 0.25) is 0 Å². The van der Waals surface area contributed by atoms with Crippen LogP contribution in [0.5, 0.6) is 0 Å². The van der Waals surface area contributed by atoms with Crippen molar-refractivity contribution in [2.75, 3.05) is 5.32 Å². The first-order valence-corrected chi connectivity index (χ1v) is 6.99. The van der Waals surface area contributed by atoms with Gasteiger partial charge in [-0.05, 0) is 42.5 Å². The number of nitrogens with one attached hydrogen (secondary N) is 2. The number of amides is 1. The van der Waals surface area contributed by atoms with Gasteiger partial charge in [-0.1, -0.05) is 24.3 Å². The van der Waals surface area contributed by atoms with E-state index in [4.69, 9.17) is 12.2 Å². The van der Waals surface area contributed by atoms with Crippen molar-refractivity contribution >= 4 is 23.8 Å². The molecule has 1 amide bonds. The van der Waals surface area contributed by atoms with Gasteiger partial charge in [0.15, 0.2) is 4.77 Å². The fourth-order valence-electron chi connectivity index (χ4n) is 2.13. The number of halogens is 1. The molecule has 0 bridgehead atoms. The molecular weight excluding hydrogens is 301 g/mol. The van der Waals surface area contributed by atoms with Crippen molar-refractivity contribution in [1.82, 2.24) is 9.55 Å². The third kappa shape index (κ3) is 2.82. The zero-order valence-electron chi connectivity index (χ0n) is 11.4. The van der Waals surface area contributed by atoms with E-state index in [-0.39, 0.29) is 5.91 Å². The summed E-state index contributed by atoms with van der Waals surface area (Å²) in [6.07, 6.45) is 1.53. The highest BCUT2D eigenvalue weighted by Gasteiger charge is 2.14. The van der Waals surface area contributed by atoms with Crippen LogP contribution in [0.3, 0.4) is 0 Å². The summed E-state index contributed by atoms with van der Waals surface area (Å²) in [7, 11) is 0. The van der Waals surface area contributed by atoms with Crippen LogP contribution < -0.4 is 5.32 Å². The topological polar surface area (TPSA) is 49.8 Å². The number of H-pyrrole nitrogens is 1. The second kappa shape index (κ2) is 5.95. The smallest absolute Gasteiger partial charge is 0.274 e. The van der Waals surface area contributed by atoms with Crippen molar-refractivity contribution < 1.29 is 9.18 Å². The van der Waals surface area contributed by atoms with Crippen LogP contribution in [0, 0.1) is 10.6 Å². The number of imidazole rings is 1. The predicted molar refractivity (Wildman–Crippen MR) is 85.3 cm³/mol. The van der Waals surface area contributed by atoms with Gasteiger partial charge in [0.1, 0.15) is 11.5 Å². The summed E-state index contributed by atoms with van der Waals surface area (Å²) in [4.78, 5) is 15.3. The molecule has 4 nitrogen and oxygen atoms in total. The summed E-state index contributed by atoms with van der Waals surface area (Å²) in [5.74, 6) is -0.784. The molecule has 110 valence electrons. The average molecular weight is 313 g/mol. The number of nitrogens with zero attached hydrogens (tertiary/aromatic N) is 1. The fraction of sp³-hybridized carbons (Fsp3) is 0. The van der Waals surface area contributed by atoms with Gasteiger partial charge in [0, 0.05) is 17.6 Å². The van der Waals surface area contributed by atoms with E-state index in [0.717, 1.165) is 5.69 Å². The van der Waals surface area contributed by atoms with Crippen LogP contribution in [0.15, 0.2) is 60.8 Å². The molecule has 0 saturated heterocycles. The summed E-state index contributed by atoms with van der Waals surface area (Å²) in [6.45, 7) is 0. The Balaban J connectivity index is 1.96. The highest BCUT2D eigenvalue weighted by molar-refractivity contribution is 7.71. The number of anilines is 1. The summed E-state index contributed by atoms with van der Waals surface area (Å²) >= 11 is 5.23. The van der Waals surface area contributed by atoms with Gasteiger partial charge in [0.25, 0.3) is 5.91 Å². The standard InChI is InChI=1S/C16H12FN3OS/c17-11-5-4-6-12(9-11)19-15(21)14-10-18-16(22)20(14)13-7-2-1-3-8-13/h1-10H,(H,18,22)(H,19,21). The van der Waals surface area contributed by atoms with Crippen LogP contribution in [0.1, 0.15) is 10.5 Å². The molecule has 0 atom stereocenters. The minimum atomic E-state index is -0.410. The molecule has 0 radical (unpaired) electrons. The maximum absolute atomic E-state index is 13.2. The highest BCUT2D eigenvalue weighted by Crippen LogP contribution is 2.15. The molecule has 0 aliphatic heterocycles. The number of carbonyl (C=O) groups excluding carboxylic acids is 1. The van der Waals surface area contributed by atoms with Gasteiger partial charge in [-0.25, -0.2) is 4.39 Å². The van der Waals surface area contributed by atoms with Crippen molar-refractivity contribution in [3.05, 3.63) is 77.1 Å². The zero-order chi connectivity index (χ0) is 15.5.